The summed E-state index contributed by atoms with van der Waals surface area (Å²) >= 11 is 0. The fourth-order valence-electron chi connectivity index (χ4n) is 1.75. The van der Waals surface area contributed by atoms with E-state index in [-0.39, 0.29) is 5.92 Å². The lowest BCUT2D eigenvalue weighted by atomic mass is 9.85. The molecule has 78 valence electrons. The molecule has 0 radical (unpaired) electrons. The molecule has 0 aromatic rings. The Morgan fingerprint density at radius 3 is 2.64 bits per heavy atom. The number of carbonyl (C=O) groups is 1. The van der Waals surface area contributed by atoms with Crippen LogP contribution in [0.5, 0.6) is 0 Å². The molecule has 0 unspecified atom stereocenters. The van der Waals surface area contributed by atoms with Crippen molar-refractivity contribution in [1.82, 2.24) is 0 Å². The van der Waals surface area contributed by atoms with Gasteiger partial charge in [0.15, 0.2) is 0 Å². The molecule has 1 aliphatic carbocycles. The zero-order valence-corrected chi connectivity index (χ0v) is 8.45. The van der Waals surface area contributed by atoms with E-state index in [1.165, 1.54) is 13.5 Å². The van der Waals surface area contributed by atoms with E-state index >= 15 is 0 Å². The predicted molar refractivity (Wildman–Crippen MR) is 52.4 cm³/mol. The Morgan fingerprint density at radius 1 is 1.43 bits per heavy atom. The number of carbonyl (C=O) groups excluding carboxylic acids is 1. The number of aliphatic hydroxyl groups excluding tert-OH is 1. The first-order valence-corrected chi connectivity index (χ1v) is 5.01. The Bertz CT molecular complexity index is 243. The fourth-order valence-corrected chi connectivity index (χ4v) is 1.75. The lowest BCUT2D eigenvalue weighted by Crippen LogP contribution is -2.21. The number of hydrogen-bond acceptors (Lipinski definition) is 3. The molecule has 0 amide bonds. The highest BCUT2D eigenvalue weighted by atomic mass is 16.5. The van der Waals surface area contributed by atoms with Crippen LogP contribution < -0.4 is 0 Å². The minimum Gasteiger partial charge on any atom is -0.459 e. The molecule has 14 heavy (non-hydrogen) atoms. The molecule has 3 nitrogen and oxygen atoms in total. The summed E-state index contributed by atoms with van der Waals surface area (Å²) in [6, 6.07) is 0. The highest BCUT2D eigenvalue weighted by Crippen LogP contribution is 2.25. The van der Waals surface area contributed by atoms with Crippen molar-refractivity contribution in [2.75, 3.05) is 7.11 Å². The van der Waals surface area contributed by atoms with Gasteiger partial charge in [-0.25, -0.2) is 4.79 Å². The van der Waals surface area contributed by atoms with Gasteiger partial charge in [-0.05, 0) is 18.8 Å². The molecule has 0 aromatic carbocycles. The van der Waals surface area contributed by atoms with E-state index < -0.39 is 12.1 Å². The van der Waals surface area contributed by atoms with Crippen LogP contribution in [0.25, 0.3) is 0 Å². The Kier molecular flexibility index (Phi) is 4.48. The number of methoxy groups -OCH3 is 1. The monoisotopic (exact) mass is 196 g/mol. The standard InChI is InChI=1S/C11H16O3/c1-14-11(13)8-7-10(12)9-5-3-2-4-6-9/h9-10,12H,2-6H2,1H3/t10-/m1/s1. The van der Waals surface area contributed by atoms with Gasteiger partial charge in [-0.1, -0.05) is 25.2 Å². The molecule has 3 heteroatoms. The van der Waals surface area contributed by atoms with Crippen molar-refractivity contribution in [1.29, 1.82) is 0 Å². The summed E-state index contributed by atoms with van der Waals surface area (Å²) < 4.78 is 4.36. The third-order valence-electron chi connectivity index (χ3n) is 2.60. The van der Waals surface area contributed by atoms with Crippen molar-refractivity contribution in [2.24, 2.45) is 5.92 Å². The lowest BCUT2D eigenvalue weighted by molar-refractivity contribution is -0.133. The Hall–Kier alpha value is -1.01. The van der Waals surface area contributed by atoms with Gasteiger partial charge in [-0.2, -0.15) is 0 Å². The number of esters is 1. The number of aliphatic hydroxyl groups is 1. The van der Waals surface area contributed by atoms with Crippen molar-refractivity contribution in [3.63, 3.8) is 0 Å². The number of hydrogen-bond donors (Lipinski definition) is 1. The van der Waals surface area contributed by atoms with Crippen LogP contribution in [0.4, 0.5) is 0 Å². The molecule has 0 aromatic heterocycles. The molecule has 1 rings (SSSR count). The highest BCUT2D eigenvalue weighted by Gasteiger charge is 2.19. The summed E-state index contributed by atoms with van der Waals surface area (Å²) in [5.41, 5.74) is 0. The molecule has 0 heterocycles. The van der Waals surface area contributed by atoms with Crippen LogP contribution in [0.2, 0.25) is 0 Å². The quantitative estimate of drug-likeness (QED) is 0.388. The molecule has 1 fully saturated rings. The second kappa shape index (κ2) is 5.66. The van der Waals surface area contributed by atoms with Gasteiger partial charge in [0.25, 0.3) is 0 Å². The maximum Gasteiger partial charge on any atom is 0.384 e. The molecule has 1 atom stereocenters. The lowest BCUT2D eigenvalue weighted by Gasteiger charge is -2.22. The first-order valence-electron chi connectivity index (χ1n) is 5.01. The minimum absolute atomic E-state index is 0.237. The van der Waals surface area contributed by atoms with Gasteiger partial charge in [0.05, 0.1) is 7.11 Å². The zero-order valence-electron chi connectivity index (χ0n) is 8.45. The first kappa shape index (κ1) is 11.1. The first-order chi connectivity index (χ1) is 6.74. The van der Waals surface area contributed by atoms with E-state index in [0.29, 0.717) is 0 Å². The van der Waals surface area contributed by atoms with Crippen LogP contribution in [-0.4, -0.2) is 24.3 Å². The molecule has 1 saturated carbocycles. The Morgan fingerprint density at radius 2 is 2.07 bits per heavy atom. The fraction of sp³-hybridized carbons (Fsp3) is 0.727. The van der Waals surface area contributed by atoms with E-state index in [9.17, 15) is 9.90 Å². The molecule has 0 aliphatic heterocycles. The maximum atomic E-state index is 10.7. The summed E-state index contributed by atoms with van der Waals surface area (Å²) in [5, 5.41) is 9.64. The van der Waals surface area contributed by atoms with Gasteiger partial charge in [-0.3, -0.25) is 0 Å². The van der Waals surface area contributed by atoms with Crippen LogP contribution in [0, 0.1) is 17.8 Å². The van der Waals surface area contributed by atoms with E-state index in [1.807, 2.05) is 0 Å². The van der Waals surface area contributed by atoms with Crippen LogP contribution >= 0.6 is 0 Å². The molecular formula is C11H16O3. The molecule has 1 aliphatic rings. The van der Waals surface area contributed by atoms with Crippen molar-refractivity contribution in [3.05, 3.63) is 0 Å². The van der Waals surface area contributed by atoms with Crippen molar-refractivity contribution in [2.45, 2.75) is 38.2 Å². The maximum absolute atomic E-state index is 10.7. The predicted octanol–water partition coefficient (Wildman–Crippen LogP) is 1.10. The third kappa shape index (κ3) is 3.39. The Labute approximate surface area is 84.5 Å². The highest BCUT2D eigenvalue weighted by molar-refractivity contribution is 5.88. The Balaban J connectivity index is 2.42. The van der Waals surface area contributed by atoms with Crippen LogP contribution in [0.3, 0.4) is 0 Å². The number of ether oxygens (including phenoxy) is 1. The van der Waals surface area contributed by atoms with Crippen LogP contribution in [-0.2, 0) is 9.53 Å². The second-order valence-electron chi connectivity index (χ2n) is 3.60. The van der Waals surface area contributed by atoms with E-state index in [1.54, 1.807) is 0 Å². The van der Waals surface area contributed by atoms with Crippen molar-refractivity contribution < 1.29 is 14.6 Å². The van der Waals surface area contributed by atoms with Crippen LogP contribution in [0.15, 0.2) is 0 Å². The normalized spacial score (nSPS) is 19.3. The van der Waals surface area contributed by atoms with Crippen molar-refractivity contribution >= 4 is 5.97 Å². The zero-order chi connectivity index (χ0) is 10.4. The third-order valence-corrected chi connectivity index (χ3v) is 2.60. The molecular weight excluding hydrogens is 180 g/mol. The second-order valence-corrected chi connectivity index (χ2v) is 3.60. The van der Waals surface area contributed by atoms with Gasteiger partial charge < -0.3 is 9.84 Å². The summed E-state index contributed by atoms with van der Waals surface area (Å²) in [6.45, 7) is 0. The average Bonchev–Trinajstić information content (AvgIpc) is 2.26. The van der Waals surface area contributed by atoms with Gasteiger partial charge in [0.1, 0.15) is 6.10 Å². The summed E-state index contributed by atoms with van der Waals surface area (Å²) in [4.78, 5) is 10.7. The van der Waals surface area contributed by atoms with Gasteiger partial charge in [0.2, 0.25) is 0 Å². The number of rotatable bonds is 1. The van der Waals surface area contributed by atoms with Gasteiger partial charge in [0, 0.05) is 5.92 Å². The van der Waals surface area contributed by atoms with Gasteiger partial charge in [-0.15, -0.1) is 0 Å². The largest absolute Gasteiger partial charge is 0.459 e. The molecule has 1 N–H and O–H groups in total. The smallest absolute Gasteiger partial charge is 0.384 e. The molecule has 0 bridgehead atoms. The summed E-state index contributed by atoms with van der Waals surface area (Å²) in [6.07, 6.45) is 4.90. The van der Waals surface area contributed by atoms with E-state index in [2.05, 4.69) is 16.6 Å². The molecule has 0 saturated heterocycles. The van der Waals surface area contributed by atoms with E-state index in [0.717, 1.165) is 25.7 Å². The van der Waals surface area contributed by atoms with Crippen molar-refractivity contribution in [3.8, 4) is 11.8 Å². The van der Waals surface area contributed by atoms with Crippen LogP contribution in [0.1, 0.15) is 32.1 Å². The minimum atomic E-state index is -0.672. The van der Waals surface area contributed by atoms with E-state index in [4.69, 9.17) is 0 Å². The molecule has 0 spiro atoms. The summed E-state index contributed by atoms with van der Waals surface area (Å²) in [7, 11) is 1.28. The topological polar surface area (TPSA) is 46.5 Å². The van der Waals surface area contributed by atoms with Gasteiger partial charge >= 0.3 is 5.97 Å². The SMILES string of the molecule is COC(=O)C#C[C@@H](O)C1CCCCC1. The summed E-state index contributed by atoms with van der Waals surface area (Å²) in [5.74, 6) is 4.46. The average molecular weight is 196 g/mol.